The van der Waals surface area contributed by atoms with Crippen LogP contribution in [0.1, 0.15) is 323 Å². The van der Waals surface area contributed by atoms with Crippen molar-refractivity contribution in [1.29, 1.82) is 0 Å². The number of allylic oxidation sites excluding steroid dienone is 20. The highest BCUT2D eigenvalue weighted by atomic mass is 31.2. The number of esters is 4. The first-order chi connectivity index (χ1) is 49.7. The molecule has 19 heteroatoms. The van der Waals surface area contributed by atoms with E-state index in [1.165, 1.54) is 38.5 Å². The summed E-state index contributed by atoms with van der Waals surface area (Å²) >= 11 is 0. The quantitative estimate of drug-likeness (QED) is 0.0169. The minimum Gasteiger partial charge on any atom is -0.462 e. The highest BCUT2D eigenvalue weighted by molar-refractivity contribution is 7.47. The summed E-state index contributed by atoms with van der Waals surface area (Å²) in [5.41, 5.74) is 0. The molecule has 0 saturated carbocycles. The summed E-state index contributed by atoms with van der Waals surface area (Å²) in [6.45, 7) is 4.51. The molecule has 17 nitrogen and oxygen atoms in total. The molecule has 0 fully saturated rings. The van der Waals surface area contributed by atoms with Crippen molar-refractivity contribution in [3.05, 3.63) is 122 Å². The van der Waals surface area contributed by atoms with Crippen LogP contribution in [0.25, 0.3) is 0 Å². The Kier molecular flexibility index (Phi) is 71.4. The lowest BCUT2D eigenvalue weighted by Crippen LogP contribution is -2.30. The minimum absolute atomic E-state index is 0.0783. The molecule has 0 saturated heterocycles. The minimum atomic E-state index is -4.99. The molecule has 0 radical (unpaired) electrons. The summed E-state index contributed by atoms with van der Waals surface area (Å²) in [7, 11) is -9.96. The third-order valence-corrected chi connectivity index (χ3v) is 18.3. The molecule has 586 valence electrons. The number of unbranched alkanes of at least 4 members (excludes halogenated alkanes) is 28. The van der Waals surface area contributed by atoms with Gasteiger partial charge in [0.2, 0.25) is 0 Å². The van der Waals surface area contributed by atoms with Gasteiger partial charge in [0.15, 0.2) is 12.2 Å². The first-order valence-electron chi connectivity index (χ1n) is 39.8. The number of phosphoric acid groups is 2. The zero-order valence-electron chi connectivity index (χ0n) is 64.0. The average Bonchev–Trinajstić information content (AvgIpc) is 0.921. The molecule has 0 aliphatic rings. The zero-order chi connectivity index (χ0) is 74.6. The standard InChI is InChI=1S/C83H142O17P2/c1-5-9-13-17-21-25-29-32-35-37-38-40-42-45-49-52-56-60-64-68-81(86)94-74-79(100-83(88)70-66-62-58-54-50-46-43-39-36-33-30-26-22-18-14-10-6-2)76-98-102(91,92)96-72-77(84)71-95-101(89,90)97-75-78(99-82(87)69-65-61-57-53-47-28-24-20-16-12-8-4)73-93-80(85)67-63-59-55-51-48-44-41-34-31-27-23-19-15-11-7-3/h9-11,13-15,21-23,25-27,32-36,38,40-41,77-79,84H,5-8,12,16-20,24,28-31,37,39,42-76H2,1-4H3,(H,89,90)(H,91,92)/b13-9-,14-10-,15-11-,25-21-,26-22-,27-23-,35-32-,36-33-,40-38-,41-34-. The number of phosphoric ester groups is 2. The Labute approximate surface area is 619 Å². The Morgan fingerprint density at radius 1 is 0.284 bits per heavy atom. The molecule has 5 unspecified atom stereocenters. The second kappa shape index (κ2) is 74.7. The lowest BCUT2D eigenvalue weighted by atomic mass is 10.1. The van der Waals surface area contributed by atoms with E-state index in [2.05, 4.69) is 149 Å². The molecule has 3 N–H and O–H groups in total. The van der Waals surface area contributed by atoms with Gasteiger partial charge in [-0.1, -0.05) is 290 Å². The van der Waals surface area contributed by atoms with Gasteiger partial charge in [-0.05, 0) is 128 Å². The van der Waals surface area contributed by atoms with E-state index < -0.39 is 97.5 Å². The monoisotopic (exact) mass is 1470 g/mol. The first kappa shape index (κ1) is 97.5. The van der Waals surface area contributed by atoms with Gasteiger partial charge in [0, 0.05) is 25.7 Å². The molecule has 0 aromatic carbocycles. The van der Waals surface area contributed by atoms with E-state index in [1.807, 2.05) is 0 Å². The third kappa shape index (κ3) is 73.8. The SMILES string of the molecule is CC/C=C\C/C=C\C/C=C\C/C=C\CCCCCCCCC(=O)OCC(COP(=O)(O)OCC(O)COP(=O)(O)OCC(COC(=O)CCCCCCC/C=C\C/C=C\C/C=C\CC)OC(=O)CCCCCCCCCCCCC)OC(=O)CCCCCCCCC/C=C\C/C=C\C/C=C\CC. The molecular formula is C83H142O17P2. The molecule has 0 aromatic rings. The smallest absolute Gasteiger partial charge is 0.462 e. The third-order valence-electron chi connectivity index (χ3n) is 16.4. The summed E-state index contributed by atoms with van der Waals surface area (Å²) in [5.74, 6) is -2.21. The maximum Gasteiger partial charge on any atom is 0.472 e. The van der Waals surface area contributed by atoms with Crippen LogP contribution >= 0.6 is 15.6 Å². The fourth-order valence-corrected chi connectivity index (χ4v) is 12.1. The highest BCUT2D eigenvalue weighted by Crippen LogP contribution is 2.45. The largest absolute Gasteiger partial charge is 0.472 e. The van der Waals surface area contributed by atoms with Gasteiger partial charge in [0.05, 0.1) is 26.4 Å². The number of carbonyl (C=O) groups excluding carboxylic acids is 4. The van der Waals surface area contributed by atoms with Gasteiger partial charge >= 0.3 is 39.5 Å². The van der Waals surface area contributed by atoms with E-state index in [1.54, 1.807) is 0 Å². The second-order valence-electron chi connectivity index (χ2n) is 26.2. The average molecular weight is 1470 g/mol. The van der Waals surface area contributed by atoms with Gasteiger partial charge in [-0.2, -0.15) is 0 Å². The molecule has 0 bridgehead atoms. The van der Waals surface area contributed by atoms with Crippen molar-refractivity contribution >= 4 is 39.5 Å². The summed E-state index contributed by atoms with van der Waals surface area (Å²) in [6.07, 6.45) is 81.8. The molecule has 5 atom stereocenters. The lowest BCUT2D eigenvalue weighted by Gasteiger charge is -2.21. The zero-order valence-corrected chi connectivity index (χ0v) is 65.8. The number of aliphatic hydroxyl groups excluding tert-OH is 1. The fraction of sp³-hybridized carbons (Fsp3) is 0.711. The fourth-order valence-electron chi connectivity index (χ4n) is 10.5. The van der Waals surface area contributed by atoms with E-state index in [-0.39, 0.29) is 25.7 Å². The molecular weight excluding hydrogens is 1330 g/mol. The van der Waals surface area contributed by atoms with Crippen molar-refractivity contribution in [2.45, 2.75) is 341 Å². The van der Waals surface area contributed by atoms with E-state index in [9.17, 15) is 43.2 Å². The number of rotatable bonds is 74. The van der Waals surface area contributed by atoms with Crippen LogP contribution in [-0.4, -0.2) is 96.7 Å². The molecule has 0 spiro atoms. The van der Waals surface area contributed by atoms with Crippen molar-refractivity contribution < 1.29 is 80.2 Å². The van der Waals surface area contributed by atoms with Crippen LogP contribution in [0.2, 0.25) is 0 Å². The Hall–Kier alpha value is -4.54. The Balaban J connectivity index is 5.35. The number of hydrogen-bond acceptors (Lipinski definition) is 15. The van der Waals surface area contributed by atoms with E-state index in [0.717, 1.165) is 205 Å². The molecule has 102 heavy (non-hydrogen) atoms. The molecule has 0 heterocycles. The first-order valence-corrected chi connectivity index (χ1v) is 42.8. The van der Waals surface area contributed by atoms with E-state index >= 15 is 0 Å². The second-order valence-corrected chi connectivity index (χ2v) is 29.1. The van der Waals surface area contributed by atoms with Crippen LogP contribution in [0.15, 0.2) is 122 Å². The Morgan fingerprint density at radius 2 is 0.510 bits per heavy atom. The van der Waals surface area contributed by atoms with Crippen molar-refractivity contribution in [3.63, 3.8) is 0 Å². The predicted octanol–water partition coefficient (Wildman–Crippen LogP) is 23.1. The van der Waals surface area contributed by atoms with Crippen LogP contribution in [0, 0.1) is 0 Å². The van der Waals surface area contributed by atoms with Crippen LogP contribution in [0.5, 0.6) is 0 Å². The summed E-state index contributed by atoms with van der Waals surface area (Å²) < 4.78 is 68.6. The number of ether oxygens (including phenoxy) is 4. The van der Waals surface area contributed by atoms with E-state index in [4.69, 9.17) is 37.0 Å². The Bertz CT molecular complexity index is 2410. The van der Waals surface area contributed by atoms with Crippen LogP contribution in [0.3, 0.4) is 0 Å². The lowest BCUT2D eigenvalue weighted by molar-refractivity contribution is -0.161. The molecule has 0 aliphatic heterocycles. The van der Waals surface area contributed by atoms with Crippen molar-refractivity contribution in [2.24, 2.45) is 0 Å². The van der Waals surface area contributed by atoms with Gasteiger partial charge in [0.1, 0.15) is 19.3 Å². The predicted molar refractivity (Wildman–Crippen MR) is 418 cm³/mol. The summed E-state index contributed by atoms with van der Waals surface area (Å²) in [5, 5.41) is 10.6. The van der Waals surface area contributed by atoms with Gasteiger partial charge in [-0.15, -0.1) is 0 Å². The van der Waals surface area contributed by atoms with E-state index in [0.29, 0.717) is 25.7 Å². The Morgan fingerprint density at radius 3 is 0.784 bits per heavy atom. The van der Waals surface area contributed by atoms with Gasteiger partial charge < -0.3 is 33.8 Å². The molecule has 0 amide bonds. The normalized spacial score (nSPS) is 14.5. The van der Waals surface area contributed by atoms with Crippen LogP contribution in [-0.2, 0) is 65.4 Å². The van der Waals surface area contributed by atoms with Crippen LogP contribution < -0.4 is 0 Å². The number of hydrogen-bond donors (Lipinski definition) is 3. The van der Waals surface area contributed by atoms with Crippen molar-refractivity contribution in [1.82, 2.24) is 0 Å². The van der Waals surface area contributed by atoms with Gasteiger partial charge in [-0.3, -0.25) is 37.3 Å². The molecule has 0 aliphatic carbocycles. The van der Waals surface area contributed by atoms with Gasteiger partial charge in [-0.25, -0.2) is 9.13 Å². The van der Waals surface area contributed by atoms with Crippen molar-refractivity contribution in [2.75, 3.05) is 39.6 Å². The number of aliphatic hydroxyl groups is 1. The number of carbonyl (C=O) groups is 4. The summed E-state index contributed by atoms with van der Waals surface area (Å²) in [4.78, 5) is 73.0. The molecule has 0 aromatic heterocycles. The van der Waals surface area contributed by atoms with Crippen LogP contribution in [0.4, 0.5) is 0 Å². The van der Waals surface area contributed by atoms with Crippen molar-refractivity contribution in [3.8, 4) is 0 Å². The molecule has 0 rings (SSSR count). The van der Waals surface area contributed by atoms with Gasteiger partial charge in [0.25, 0.3) is 0 Å². The maximum atomic E-state index is 13.1. The maximum absolute atomic E-state index is 13.1. The summed E-state index contributed by atoms with van der Waals surface area (Å²) in [6, 6.07) is 0. The topological polar surface area (TPSA) is 237 Å². The highest BCUT2D eigenvalue weighted by Gasteiger charge is 2.30.